The van der Waals surface area contributed by atoms with E-state index in [0.29, 0.717) is 0 Å². The molecule has 0 unspecified atom stereocenters. The Kier molecular flexibility index (Phi) is 4.45. The number of benzene rings is 2. The average molecular weight is 334 g/mol. The summed E-state index contributed by atoms with van der Waals surface area (Å²) in [4.78, 5) is 25.0. The third-order valence-corrected chi connectivity index (χ3v) is 4.63. The zero-order chi connectivity index (χ0) is 18.1. The second-order valence-corrected chi connectivity index (χ2v) is 6.57. The SMILES string of the molecule is Cc1ccc(NC(=O)Cn2c(=O)cc(C)c3cccc(C)c32)cc1C. The summed E-state index contributed by atoms with van der Waals surface area (Å²) >= 11 is 0. The maximum atomic E-state index is 12.5. The van der Waals surface area contributed by atoms with Gasteiger partial charge in [0.2, 0.25) is 5.91 Å². The number of amides is 1. The van der Waals surface area contributed by atoms with Crippen LogP contribution in [0.1, 0.15) is 22.3 Å². The molecule has 25 heavy (non-hydrogen) atoms. The second-order valence-electron chi connectivity index (χ2n) is 6.57. The first-order chi connectivity index (χ1) is 11.9. The molecule has 0 atom stereocenters. The van der Waals surface area contributed by atoms with Gasteiger partial charge in [-0.05, 0) is 62.1 Å². The highest BCUT2D eigenvalue weighted by atomic mass is 16.2. The molecule has 0 fully saturated rings. The van der Waals surface area contributed by atoms with Crippen LogP contribution >= 0.6 is 0 Å². The molecule has 1 amide bonds. The van der Waals surface area contributed by atoms with Crippen LogP contribution in [0.15, 0.2) is 47.3 Å². The van der Waals surface area contributed by atoms with Gasteiger partial charge in [-0.15, -0.1) is 0 Å². The van der Waals surface area contributed by atoms with Crippen LogP contribution in [0.4, 0.5) is 5.69 Å². The van der Waals surface area contributed by atoms with Crippen molar-refractivity contribution in [1.29, 1.82) is 0 Å². The first-order valence-corrected chi connectivity index (χ1v) is 8.33. The molecule has 3 rings (SSSR count). The lowest BCUT2D eigenvalue weighted by molar-refractivity contribution is -0.116. The Morgan fingerprint density at radius 2 is 1.68 bits per heavy atom. The summed E-state index contributed by atoms with van der Waals surface area (Å²) in [7, 11) is 0. The van der Waals surface area contributed by atoms with E-state index in [-0.39, 0.29) is 18.0 Å². The summed E-state index contributed by atoms with van der Waals surface area (Å²) in [6.45, 7) is 7.91. The zero-order valence-electron chi connectivity index (χ0n) is 15.0. The fraction of sp³-hybridized carbons (Fsp3) is 0.238. The summed E-state index contributed by atoms with van der Waals surface area (Å²) in [6, 6.07) is 13.3. The molecule has 0 radical (unpaired) electrons. The maximum absolute atomic E-state index is 12.5. The van der Waals surface area contributed by atoms with Crippen molar-refractivity contribution in [3.63, 3.8) is 0 Å². The Morgan fingerprint density at radius 3 is 2.40 bits per heavy atom. The molecule has 0 spiro atoms. The summed E-state index contributed by atoms with van der Waals surface area (Å²) < 4.78 is 1.55. The van der Waals surface area contributed by atoms with E-state index >= 15 is 0 Å². The van der Waals surface area contributed by atoms with Gasteiger partial charge in [-0.1, -0.05) is 24.3 Å². The fourth-order valence-electron chi connectivity index (χ4n) is 3.11. The van der Waals surface area contributed by atoms with Gasteiger partial charge in [0.1, 0.15) is 6.54 Å². The topological polar surface area (TPSA) is 51.1 Å². The lowest BCUT2D eigenvalue weighted by Crippen LogP contribution is -2.28. The van der Waals surface area contributed by atoms with Crippen LogP contribution < -0.4 is 10.9 Å². The number of aromatic nitrogens is 1. The normalized spacial score (nSPS) is 10.9. The van der Waals surface area contributed by atoms with E-state index < -0.39 is 0 Å². The Morgan fingerprint density at radius 1 is 0.920 bits per heavy atom. The van der Waals surface area contributed by atoms with Crippen molar-refractivity contribution in [2.75, 3.05) is 5.32 Å². The van der Waals surface area contributed by atoms with E-state index in [1.807, 2.05) is 64.1 Å². The summed E-state index contributed by atoms with van der Waals surface area (Å²) in [5, 5.41) is 3.88. The molecule has 1 heterocycles. The van der Waals surface area contributed by atoms with E-state index in [4.69, 9.17) is 0 Å². The molecule has 0 aliphatic heterocycles. The number of anilines is 1. The maximum Gasteiger partial charge on any atom is 0.251 e. The number of hydrogen-bond donors (Lipinski definition) is 1. The monoisotopic (exact) mass is 334 g/mol. The van der Waals surface area contributed by atoms with E-state index in [1.54, 1.807) is 10.6 Å². The largest absolute Gasteiger partial charge is 0.325 e. The second kappa shape index (κ2) is 6.55. The van der Waals surface area contributed by atoms with Crippen molar-refractivity contribution in [2.24, 2.45) is 0 Å². The van der Waals surface area contributed by atoms with Crippen LogP contribution in [0.2, 0.25) is 0 Å². The number of nitrogens with zero attached hydrogens (tertiary/aromatic N) is 1. The summed E-state index contributed by atoms with van der Waals surface area (Å²) in [5.41, 5.74) is 5.61. The fourth-order valence-corrected chi connectivity index (χ4v) is 3.11. The number of aryl methyl sites for hydroxylation is 4. The third-order valence-electron chi connectivity index (χ3n) is 4.63. The van der Waals surface area contributed by atoms with Gasteiger partial charge in [-0.3, -0.25) is 14.2 Å². The number of hydrogen-bond acceptors (Lipinski definition) is 2. The van der Waals surface area contributed by atoms with Crippen LogP contribution in [0, 0.1) is 27.7 Å². The number of rotatable bonds is 3. The van der Waals surface area contributed by atoms with Gasteiger partial charge in [0, 0.05) is 17.1 Å². The van der Waals surface area contributed by atoms with E-state index in [2.05, 4.69) is 5.32 Å². The Balaban J connectivity index is 1.96. The minimum Gasteiger partial charge on any atom is -0.325 e. The highest BCUT2D eigenvalue weighted by Crippen LogP contribution is 2.20. The van der Waals surface area contributed by atoms with E-state index in [1.165, 1.54) is 5.56 Å². The molecule has 0 aliphatic carbocycles. The molecular weight excluding hydrogens is 312 g/mol. The number of nitrogens with one attached hydrogen (secondary N) is 1. The Labute approximate surface area is 147 Å². The third kappa shape index (κ3) is 3.33. The lowest BCUT2D eigenvalue weighted by atomic mass is 10.1. The predicted octanol–water partition coefficient (Wildman–Crippen LogP) is 3.87. The smallest absolute Gasteiger partial charge is 0.251 e. The van der Waals surface area contributed by atoms with Crippen molar-refractivity contribution < 1.29 is 4.79 Å². The molecule has 0 saturated heterocycles. The number of fused-ring (bicyclic) bond motifs is 1. The number of para-hydroxylation sites is 1. The van der Waals surface area contributed by atoms with Crippen molar-refractivity contribution in [1.82, 2.24) is 4.57 Å². The number of pyridine rings is 1. The first-order valence-electron chi connectivity index (χ1n) is 8.33. The van der Waals surface area contributed by atoms with Crippen LogP contribution in [0.3, 0.4) is 0 Å². The first kappa shape index (κ1) is 17.0. The Bertz CT molecular complexity index is 1030. The molecule has 0 aliphatic rings. The highest BCUT2D eigenvalue weighted by Gasteiger charge is 2.12. The van der Waals surface area contributed by atoms with Crippen LogP contribution in [0.25, 0.3) is 10.9 Å². The molecule has 128 valence electrons. The molecule has 1 aromatic heterocycles. The van der Waals surface area contributed by atoms with Gasteiger partial charge in [0.05, 0.1) is 5.52 Å². The Hall–Kier alpha value is -2.88. The van der Waals surface area contributed by atoms with E-state index in [9.17, 15) is 9.59 Å². The standard InChI is InChI=1S/C21H22N2O2/c1-13-8-9-17(10-15(13)3)22-19(24)12-23-20(25)11-16(4)18-7-5-6-14(2)21(18)23/h5-11H,12H2,1-4H3,(H,22,24). The molecular formula is C21H22N2O2. The van der Waals surface area contributed by atoms with Crippen molar-refractivity contribution in [3.8, 4) is 0 Å². The minimum absolute atomic E-state index is 0.00656. The lowest BCUT2D eigenvalue weighted by Gasteiger charge is -2.14. The highest BCUT2D eigenvalue weighted by molar-refractivity contribution is 5.92. The molecule has 0 bridgehead atoms. The molecule has 4 heteroatoms. The quantitative estimate of drug-likeness (QED) is 0.790. The van der Waals surface area contributed by atoms with Gasteiger partial charge < -0.3 is 5.32 Å². The molecule has 3 aromatic rings. The van der Waals surface area contributed by atoms with Gasteiger partial charge >= 0.3 is 0 Å². The number of carbonyl (C=O) groups is 1. The average Bonchev–Trinajstić information content (AvgIpc) is 2.55. The van der Waals surface area contributed by atoms with Gasteiger partial charge in [-0.2, -0.15) is 0 Å². The van der Waals surface area contributed by atoms with Gasteiger partial charge in [0.25, 0.3) is 5.56 Å². The van der Waals surface area contributed by atoms with Crippen LogP contribution in [0.5, 0.6) is 0 Å². The van der Waals surface area contributed by atoms with Crippen molar-refractivity contribution in [2.45, 2.75) is 34.2 Å². The van der Waals surface area contributed by atoms with Gasteiger partial charge in [0.15, 0.2) is 0 Å². The summed E-state index contributed by atoms with van der Waals surface area (Å²) in [6.07, 6.45) is 0. The van der Waals surface area contributed by atoms with Crippen molar-refractivity contribution in [3.05, 3.63) is 75.1 Å². The molecule has 1 N–H and O–H groups in total. The molecule has 4 nitrogen and oxygen atoms in total. The minimum atomic E-state index is -0.209. The van der Waals surface area contributed by atoms with Crippen LogP contribution in [-0.4, -0.2) is 10.5 Å². The predicted molar refractivity (Wildman–Crippen MR) is 102 cm³/mol. The van der Waals surface area contributed by atoms with Crippen molar-refractivity contribution >= 4 is 22.5 Å². The van der Waals surface area contributed by atoms with E-state index in [0.717, 1.165) is 33.3 Å². The van der Waals surface area contributed by atoms with Crippen LogP contribution in [-0.2, 0) is 11.3 Å². The number of carbonyl (C=O) groups excluding carboxylic acids is 1. The summed E-state index contributed by atoms with van der Waals surface area (Å²) in [5.74, 6) is -0.209. The molecule has 0 saturated carbocycles. The zero-order valence-corrected chi connectivity index (χ0v) is 15.0. The molecule has 2 aromatic carbocycles. The van der Waals surface area contributed by atoms with Gasteiger partial charge in [-0.25, -0.2) is 0 Å².